The average molecular weight is 288 g/mol. The third-order valence-corrected chi connectivity index (χ3v) is 5.10. The lowest BCUT2D eigenvalue weighted by Gasteiger charge is -2.32. The predicted molar refractivity (Wildman–Crippen MR) is 80.3 cm³/mol. The van der Waals surface area contributed by atoms with E-state index in [1.807, 2.05) is 6.07 Å². The van der Waals surface area contributed by atoms with Crippen molar-refractivity contribution in [3.8, 4) is 11.5 Å². The number of benzene rings is 1. The maximum atomic E-state index is 6.21. The molecule has 1 saturated carbocycles. The van der Waals surface area contributed by atoms with Crippen LogP contribution in [0.1, 0.15) is 52.0 Å². The van der Waals surface area contributed by atoms with Gasteiger partial charge in [-0.15, -0.1) is 0 Å². The molecular formula is C16H21BO4. The highest BCUT2D eigenvalue weighted by molar-refractivity contribution is 6.62. The lowest BCUT2D eigenvalue weighted by atomic mass is 9.74. The molecule has 0 spiro atoms. The Morgan fingerprint density at radius 3 is 2.10 bits per heavy atom. The molecule has 1 aromatic rings. The first-order valence-corrected chi connectivity index (χ1v) is 7.66. The standard InChI is InChI=1S/C16H21BO4/c1-15(2)16(3,4)21-17(20-15)12-8-14-13(18-9-19-14)7-11(12)10-5-6-10/h7-8,10H,5-6,9H2,1-4H3. The number of hydrogen-bond acceptors (Lipinski definition) is 4. The van der Waals surface area contributed by atoms with Crippen molar-refractivity contribution in [2.45, 2.75) is 57.7 Å². The summed E-state index contributed by atoms with van der Waals surface area (Å²) in [6.45, 7) is 8.62. The molecule has 0 N–H and O–H groups in total. The van der Waals surface area contributed by atoms with Gasteiger partial charge >= 0.3 is 7.12 Å². The van der Waals surface area contributed by atoms with Crippen LogP contribution in [0.5, 0.6) is 11.5 Å². The second kappa shape index (κ2) is 4.17. The molecule has 4 rings (SSSR count). The lowest BCUT2D eigenvalue weighted by molar-refractivity contribution is 0.00578. The molecule has 5 heteroatoms. The summed E-state index contributed by atoms with van der Waals surface area (Å²) in [5, 5.41) is 0. The van der Waals surface area contributed by atoms with Crippen LogP contribution in [0.3, 0.4) is 0 Å². The highest BCUT2D eigenvalue weighted by atomic mass is 16.7. The Balaban J connectivity index is 1.75. The second-order valence-electron chi connectivity index (χ2n) is 7.20. The molecule has 1 saturated heterocycles. The quantitative estimate of drug-likeness (QED) is 0.784. The molecule has 2 heterocycles. The van der Waals surface area contributed by atoms with Gasteiger partial charge in [0, 0.05) is 0 Å². The van der Waals surface area contributed by atoms with E-state index in [-0.39, 0.29) is 18.3 Å². The first-order valence-electron chi connectivity index (χ1n) is 7.66. The Morgan fingerprint density at radius 1 is 0.952 bits per heavy atom. The van der Waals surface area contributed by atoms with E-state index in [0.717, 1.165) is 17.0 Å². The van der Waals surface area contributed by atoms with Gasteiger partial charge < -0.3 is 18.8 Å². The Bertz CT molecular complexity index is 576. The van der Waals surface area contributed by atoms with Crippen molar-refractivity contribution in [1.82, 2.24) is 0 Å². The fourth-order valence-corrected chi connectivity index (χ4v) is 2.90. The first kappa shape index (κ1) is 13.5. The maximum Gasteiger partial charge on any atom is 0.495 e. The summed E-state index contributed by atoms with van der Waals surface area (Å²) in [5.41, 5.74) is 1.74. The molecular weight excluding hydrogens is 267 g/mol. The summed E-state index contributed by atoms with van der Waals surface area (Å²) >= 11 is 0. The van der Waals surface area contributed by atoms with E-state index in [1.165, 1.54) is 18.4 Å². The third-order valence-electron chi connectivity index (χ3n) is 5.10. The smallest absolute Gasteiger partial charge is 0.454 e. The third kappa shape index (κ3) is 2.06. The largest absolute Gasteiger partial charge is 0.495 e. The van der Waals surface area contributed by atoms with Crippen LogP contribution >= 0.6 is 0 Å². The topological polar surface area (TPSA) is 36.9 Å². The van der Waals surface area contributed by atoms with Gasteiger partial charge in [-0.3, -0.25) is 0 Å². The number of rotatable bonds is 2. The Hall–Kier alpha value is -1.20. The maximum absolute atomic E-state index is 6.21. The summed E-state index contributed by atoms with van der Waals surface area (Å²) in [5.74, 6) is 2.25. The molecule has 0 radical (unpaired) electrons. The SMILES string of the molecule is CC1(C)OB(c2cc3c(cc2C2CC2)OCO3)OC1(C)C. The van der Waals surface area contributed by atoms with E-state index >= 15 is 0 Å². The predicted octanol–water partition coefficient (Wildman–Crippen LogP) is 2.59. The molecule has 4 nitrogen and oxygen atoms in total. The minimum atomic E-state index is -0.333. The average Bonchev–Trinajstić information content (AvgIpc) is 3.09. The van der Waals surface area contributed by atoms with Crippen LogP contribution in [-0.4, -0.2) is 25.1 Å². The van der Waals surface area contributed by atoms with Crippen LogP contribution in [0.25, 0.3) is 0 Å². The molecule has 0 amide bonds. The normalized spacial score (nSPS) is 25.4. The molecule has 0 atom stereocenters. The molecule has 21 heavy (non-hydrogen) atoms. The van der Waals surface area contributed by atoms with Crippen molar-refractivity contribution in [2.75, 3.05) is 6.79 Å². The van der Waals surface area contributed by atoms with Crippen LogP contribution in [-0.2, 0) is 9.31 Å². The summed E-state index contributed by atoms with van der Waals surface area (Å²) in [4.78, 5) is 0. The van der Waals surface area contributed by atoms with Crippen molar-refractivity contribution in [1.29, 1.82) is 0 Å². The van der Waals surface area contributed by atoms with E-state index in [1.54, 1.807) is 0 Å². The van der Waals surface area contributed by atoms with Crippen LogP contribution in [0, 0.1) is 0 Å². The zero-order valence-electron chi connectivity index (χ0n) is 13.1. The van der Waals surface area contributed by atoms with Gasteiger partial charge in [0.25, 0.3) is 0 Å². The van der Waals surface area contributed by atoms with Gasteiger partial charge in [-0.25, -0.2) is 0 Å². The number of hydrogen-bond donors (Lipinski definition) is 0. The lowest BCUT2D eigenvalue weighted by Crippen LogP contribution is -2.41. The molecule has 112 valence electrons. The fourth-order valence-electron chi connectivity index (χ4n) is 2.90. The van der Waals surface area contributed by atoms with Gasteiger partial charge in [0.05, 0.1) is 11.2 Å². The van der Waals surface area contributed by atoms with Gasteiger partial charge in [0.1, 0.15) is 0 Å². The zero-order chi connectivity index (χ0) is 14.8. The van der Waals surface area contributed by atoms with Gasteiger partial charge in [0.2, 0.25) is 6.79 Å². The van der Waals surface area contributed by atoms with E-state index in [4.69, 9.17) is 18.8 Å². The molecule has 1 aromatic carbocycles. The molecule has 1 aliphatic carbocycles. The van der Waals surface area contributed by atoms with Crippen LogP contribution in [0.4, 0.5) is 0 Å². The van der Waals surface area contributed by atoms with Gasteiger partial charge in [-0.1, -0.05) is 0 Å². The molecule has 2 aliphatic heterocycles. The highest BCUT2D eigenvalue weighted by Gasteiger charge is 2.53. The minimum Gasteiger partial charge on any atom is -0.454 e. The highest BCUT2D eigenvalue weighted by Crippen LogP contribution is 2.45. The van der Waals surface area contributed by atoms with Crippen molar-refractivity contribution in [3.05, 3.63) is 17.7 Å². The van der Waals surface area contributed by atoms with Gasteiger partial charge in [-0.05, 0) is 69.6 Å². The van der Waals surface area contributed by atoms with Crippen LogP contribution in [0.2, 0.25) is 0 Å². The minimum absolute atomic E-state index is 0.298. The fraction of sp³-hybridized carbons (Fsp3) is 0.625. The van der Waals surface area contributed by atoms with Crippen molar-refractivity contribution < 1.29 is 18.8 Å². The van der Waals surface area contributed by atoms with E-state index in [0.29, 0.717) is 12.7 Å². The zero-order valence-corrected chi connectivity index (χ0v) is 13.1. The van der Waals surface area contributed by atoms with E-state index < -0.39 is 0 Å². The van der Waals surface area contributed by atoms with E-state index in [2.05, 4.69) is 33.8 Å². The van der Waals surface area contributed by atoms with Crippen LogP contribution in [0.15, 0.2) is 12.1 Å². The van der Waals surface area contributed by atoms with Gasteiger partial charge in [0.15, 0.2) is 11.5 Å². The van der Waals surface area contributed by atoms with Crippen molar-refractivity contribution in [2.24, 2.45) is 0 Å². The summed E-state index contributed by atoms with van der Waals surface area (Å²) in [6.07, 6.45) is 2.46. The van der Waals surface area contributed by atoms with Crippen molar-refractivity contribution >= 4 is 12.6 Å². The summed E-state index contributed by atoms with van der Waals surface area (Å²) < 4.78 is 23.5. The summed E-state index contributed by atoms with van der Waals surface area (Å²) in [7, 11) is -0.333. The number of fused-ring (bicyclic) bond motifs is 1. The Labute approximate surface area is 125 Å². The van der Waals surface area contributed by atoms with Gasteiger partial charge in [-0.2, -0.15) is 0 Å². The molecule has 0 bridgehead atoms. The first-order chi connectivity index (χ1) is 9.87. The Kier molecular flexibility index (Phi) is 2.67. The number of ether oxygens (including phenoxy) is 2. The summed E-state index contributed by atoms with van der Waals surface area (Å²) in [6, 6.07) is 4.15. The van der Waals surface area contributed by atoms with E-state index in [9.17, 15) is 0 Å². The molecule has 3 aliphatic rings. The second-order valence-corrected chi connectivity index (χ2v) is 7.20. The Morgan fingerprint density at radius 2 is 1.52 bits per heavy atom. The van der Waals surface area contributed by atoms with Crippen molar-refractivity contribution in [3.63, 3.8) is 0 Å². The molecule has 0 unspecified atom stereocenters. The monoisotopic (exact) mass is 288 g/mol. The molecule has 2 fully saturated rings. The molecule has 0 aromatic heterocycles. The van der Waals surface area contributed by atoms with Crippen LogP contribution < -0.4 is 14.9 Å².